The molecule has 1 aromatic rings. The van der Waals surface area contributed by atoms with Crippen LogP contribution in [0.5, 0.6) is 5.75 Å². The Morgan fingerprint density at radius 1 is 1.47 bits per heavy atom. The average molecular weight is 206 g/mol. The van der Waals surface area contributed by atoms with Crippen LogP contribution in [0.4, 0.5) is 0 Å². The molecule has 15 heavy (non-hydrogen) atoms. The van der Waals surface area contributed by atoms with Crippen molar-refractivity contribution in [3.8, 4) is 5.75 Å². The molecule has 0 fully saturated rings. The smallest absolute Gasteiger partial charge is 0.265 e. The lowest BCUT2D eigenvalue weighted by atomic mass is 10.2. The summed E-state index contributed by atoms with van der Waals surface area (Å²) in [5, 5.41) is 0. The zero-order valence-corrected chi connectivity index (χ0v) is 8.62. The molecule has 4 nitrogen and oxygen atoms in total. The summed E-state index contributed by atoms with van der Waals surface area (Å²) in [6, 6.07) is 6.87. The first-order chi connectivity index (χ1) is 7.27. The van der Waals surface area contributed by atoms with Crippen molar-refractivity contribution in [3.05, 3.63) is 42.5 Å². The maximum Gasteiger partial charge on any atom is 0.265 e. The van der Waals surface area contributed by atoms with Crippen LogP contribution in [-0.2, 0) is 0 Å². The zero-order valence-electron chi connectivity index (χ0n) is 8.62. The van der Waals surface area contributed by atoms with E-state index in [-0.39, 0.29) is 5.91 Å². The molecule has 0 unspecified atom stereocenters. The molecule has 0 aliphatic heterocycles. The molecular weight excluding hydrogens is 192 g/mol. The molecule has 80 valence electrons. The van der Waals surface area contributed by atoms with E-state index < -0.39 is 0 Å². The number of hydrogen-bond donors (Lipinski definition) is 2. The average Bonchev–Trinajstić information content (AvgIpc) is 2.29. The van der Waals surface area contributed by atoms with Gasteiger partial charge in [-0.2, -0.15) is 0 Å². The molecule has 0 aromatic heterocycles. The molecule has 1 aromatic carbocycles. The van der Waals surface area contributed by atoms with E-state index in [2.05, 4.69) is 17.4 Å². The van der Waals surface area contributed by atoms with E-state index in [1.54, 1.807) is 37.5 Å². The minimum absolute atomic E-state index is 0.181. The quantitative estimate of drug-likeness (QED) is 0.431. The van der Waals surface area contributed by atoms with E-state index >= 15 is 0 Å². The van der Waals surface area contributed by atoms with Crippen LogP contribution in [0.15, 0.2) is 36.9 Å². The van der Waals surface area contributed by atoms with Crippen molar-refractivity contribution in [1.82, 2.24) is 10.9 Å². The lowest BCUT2D eigenvalue weighted by Gasteiger charge is -2.05. The van der Waals surface area contributed by atoms with E-state index in [4.69, 9.17) is 4.74 Å². The molecule has 2 N–H and O–H groups in total. The van der Waals surface area contributed by atoms with Gasteiger partial charge in [0.25, 0.3) is 5.91 Å². The number of hydrogen-bond acceptors (Lipinski definition) is 3. The summed E-state index contributed by atoms with van der Waals surface area (Å²) in [5.41, 5.74) is 5.83. The number of ether oxygens (including phenoxy) is 1. The Morgan fingerprint density at radius 2 is 2.13 bits per heavy atom. The van der Waals surface area contributed by atoms with Gasteiger partial charge in [0.2, 0.25) is 0 Å². The van der Waals surface area contributed by atoms with Crippen LogP contribution in [0.1, 0.15) is 10.4 Å². The number of methoxy groups -OCH3 is 1. The number of carbonyl (C=O) groups is 1. The van der Waals surface area contributed by atoms with E-state index in [0.29, 0.717) is 12.1 Å². The normalized spacial score (nSPS) is 9.40. The van der Waals surface area contributed by atoms with Crippen molar-refractivity contribution < 1.29 is 9.53 Å². The third-order valence-electron chi connectivity index (χ3n) is 1.80. The van der Waals surface area contributed by atoms with Gasteiger partial charge in [-0.25, -0.2) is 5.43 Å². The number of benzene rings is 1. The minimum Gasteiger partial charge on any atom is -0.497 e. The zero-order chi connectivity index (χ0) is 11.1. The van der Waals surface area contributed by atoms with Gasteiger partial charge in [-0.05, 0) is 24.3 Å². The summed E-state index contributed by atoms with van der Waals surface area (Å²) in [6.07, 6.45) is 1.66. The van der Waals surface area contributed by atoms with Gasteiger partial charge in [0.1, 0.15) is 5.75 Å². The van der Waals surface area contributed by atoms with Crippen molar-refractivity contribution in [1.29, 1.82) is 0 Å². The van der Waals surface area contributed by atoms with Gasteiger partial charge in [0, 0.05) is 12.1 Å². The van der Waals surface area contributed by atoms with E-state index in [1.165, 1.54) is 0 Å². The highest BCUT2D eigenvalue weighted by Crippen LogP contribution is 2.10. The van der Waals surface area contributed by atoms with Gasteiger partial charge < -0.3 is 4.74 Å². The van der Waals surface area contributed by atoms with Crippen molar-refractivity contribution >= 4 is 5.91 Å². The molecule has 1 rings (SSSR count). The highest BCUT2D eigenvalue weighted by Gasteiger charge is 2.03. The fourth-order valence-electron chi connectivity index (χ4n) is 1.02. The van der Waals surface area contributed by atoms with Crippen LogP contribution in [0.3, 0.4) is 0 Å². The Bertz CT molecular complexity index is 333. The second kappa shape index (κ2) is 5.82. The maximum atomic E-state index is 11.5. The van der Waals surface area contributed by atoms with Crippen molar-refractivity contribution in [2.75, 3.05) is 13.7 Å². The first kappa shape index (κ1) is 11.3. The third-order valence-corrected chi connectivity index (χ3v) is 1.80. The third kappa shape index (κ3) is 3.44. The van der Waals surface area contributed by atoms with Crippen LogP contribution < -0.4 is 15.6 Å². The van der Waals surface area contributed by atoms with Gasteiger partial charge in [0.15, 0.2) is 0 Å². The molecule has 1 amide bonds. The summed E-state index contributed by atoms with van der Waals surface area (Å²) >= 11 is 0. The summed E-state index contributed by atoms with van der Waals surface area (Å²) in [7, 11) is 1.58. The van der Waals surface area contributed by atoms with Gasteiger partial charge in [-0.1, -0.05) is 6.08 Å². The molecule has 0 spiro atoms. The van der Waals surface area contributed by atoms with Crippen LogP contribution in [0.2, 0.25) is 0 Å². The highest BCUT2D eigenvalue weighted by molar-refractivity contribution is 5.93. The predicted octanol–water partition coefficient (Wildman–Crippen LogP) is 1.12. The van der Waals surface area contributed by atoms with Gasteiger partial charge in [-0.3, -0.25) is 10.2 Å². The predicted molar refractivity (Wildman–Crippen MR) is 58.7 cm³/mol. The molecule has 4 heteroatoms. The Morgan fingerprint density at radius 3 is 2.67 bits per heavy atom. The summed E-state index contributed by atoms with van der Waals surface area (Å²) in [5.74, 6) is 0.546. The molecule has 0 bridgehead atoms. The fourth-order valence-corrected chi connectivity index (χ4v) is 1.02. The Balaban J connectivity index is 2.54. The number of hydrazine groups is 1. The molecule has 0 aliphatic rings. The second-order valence-electron chi connectivity index (χ2n) is 2.85. The largest absolute Gasteiger partial charge is 0.497 e. The van der Waals surface area contributed by atoms with Gasteiger partial charge in [-0.15, -0.1) is 6.58 Å². The van der Waals surface area contributed by atoms with Crippen molar-refractivity contribution in [2.24, 2.45) is 0 Å². The minimum atomic E-state index is -0.181. The summed E-state index contributed by atoms with van der Waals surface area (Å²) < 4.78 is 4.99. The standard InChI is InChI=1S/C11H14N2O2/c1-3-8-12-13-11(14)9-4-6-10(15-2)7-5-9/h3-7,12H,1,8H2,2H3,(H,13,14). The Labute approximate surface area is 88.9 Å². The second-order valence-corrected chi connectivity index (χ2v) is 2.85. The molecule has 0 saturated heterocycles. The van der Waals surface area contributed by atoms with Crippen molar-refractivity contribution in [2.45, 2.75) is 0 Å². The fraction of sp³-hybridized carbons (Fsp3) is 0.182. The number of rotatable bonds is 5. The number of nitrogens with one attached hydrogen (secondary N) is 2. The molecule has 0 heterocycles. The Hall–Kier alpha value is -1.81. The van der Waals surface area contributed by atoms with Crippen LogP contribution in [0, 0.1) is 0 Å². The maximum absolute atomic E-state index is 11.5. The molecule has 0 radical (unpaired) electrons. The number of carbonyl (C=O) groups excluding carboxylic acids is 1. The molecule has 0 aliphatic carbocycles. The SMILES string of the molecule is C=CCNNC(=O)c1ccc(OC)cc1. The van der Waals surface area contributed by atoms with E-state index in [0.717, 1.165) is 5.75 Å². The first-order valence-electron chi connectivity index (χ1n) is 4.56. The van der Waals surface area contributed by atoms with Crippen LogP contribution in [-0.4, -0.2) is 19.6 Å². The van der Waals surface area contributed by atoms with Gasteiger partial charge in [0.05, 0.1) is 7.11 Å². The van der Waals surface area contributed by atoms with Crippen molar-refractivity contribution in [3.63, 3.8) is 0 Å². The molecule has 0 saturated carbocycles. The highest BCUT2D eigenvalue weighted by atomic mass is 16.5. The van der Waals surface area contributed by atoms with Gasteiger partial charge >= 0.3 is 0 Å². The summed E-state index contributed by atoms with van der Waals surface area (Å²) in [6.45, 7) is 4.05. The van der Waals surface area contributed by atoms with E-state index in [1.807, 2.05) is 0 Å². The van der Waals surface area contributed by atoms with E-state index in [9.17, 15) is 4.79 Å². The van der Waals surface area contributed by atoms with Crippen LogP contribution >= 0.6 is 0 Å². The molecular formula is C11H14N2O2. The number of amides is 1. The topological polar surface area (TPSA) is 50.4 Å². The Kier molecular flexibility index (Phi) is 4.37. The first-order valence-corrected chi connectivity index (χ1v) is 4.56. The molecule has 0 atom stereocenters. The lowest BCUT2D eigenvalue weighted by molar-refractivity contribution is 0.0935. The monoisotopic (exact) mass is 206 g/mol. The van der Waals surface area contributed by atoms with Crippen LogP contribution in [0.25, 0.3) is 0 Å². The summed E-state index contributed by atoms with van der Waals surface area (Å²) in [4.78, 5) is 11.5. The lowest BCUT2D eigenvalue weighted by Crippen LogP contribution is -2.37.